The molecule has 0 aromatic carbocycles. The van der Waals surface area contributed by atoms with Gasteiger partial charge in [-0.2, -0.15) is 0 Å². The maximum atomic E-state index is 11.7. The molecule has 0 radical (unpaired) electrons. The molecule has 88 valence electrons. The second-order valence-electron chi connectivity index (χ2n) is 4.90. The molecular formula is C11H21NO2S. The van der Waals surface area contributed by atoms with Crippen molar-refractivity contribution < 1.29 is 9.90 Å². The van der Waals surface area contributed by atoms with Crippen molar-refractivity contribution in [2.75, 3.05) is 18.9 Å². The Bertz CT molecular complexity index is 213. The summed E-state index contributed by atoms with van der Waals surface area (Å²) < 4.78 is 0. The van der Waals surface area contributed by atoms with Crippen molar-refractivity contribution in [3.63, 3.8) is 0 Å². The number of nitrogens with one attached hydrogen (secondary N) is 1. The average Bonchev–Trinajstić information content (AvgIpc) is 2.27. The summed E-state index contributed by atoms with van der Waals surface area (Å²) in [6.07, 6.45) is 3.39. The molecule has 1 heterocycles. The molecule has 0 spiro atoms. The Morgan fingerprint density at radius 3 is 2.80 bits per heavy atom. The van der Waals surface area contributed by atoms with Crippen LogP contribution in [-0.2, 0) is 4.79 Å². The Morgan fingerprint density at radius 2 is 2.27 bits per heavy atom. The summed E-state index contributed by atoms with van der Waals surface area (Å²) in [5, 5.41) is 12.1. The molecule has 3 nitrogen and oxygen atoms in total. The van der Waals surface area contributed by atoms with Crippen molar-refractivity contribution in [2.45, 2.75) is 38.4 Å². The maximum absolute atomic E-state index is 11.7. The van der Waals surface area contributed by atoms with E-state index in [-0.39, 0.29) is 23.2 Å². The van der Waals surface area contributed by atoms with E-state index in [4.69, 9.17) is 5.11 Å². The number of carbonyl (C=O) groups excluding carboxylic acids is 1. The van der Waals surface area contributed by atoms with E-state index < -0.39 is 0 Å². The molecule has 0 saturated carbocycles. The largest absolute Gasteiger partial charge is 0.396 e. The third kappa shape index (κ3) is 4.43. The van der Waals surface area contributed by atoms with Crippen molar-refractivity contribution in [1.82, 2.24) is 5.32 Å². The monoisotopic (exact) mass is 231 g/mol. The summed E-state index contributed by atoms with van der Waals surface area (Å²) in [4.78, 5) is 11.7. The summed E-state index contributed by atoms with van der Waals surface area (Å²) in [6, 6.07) is 0. The first-order valence-electron chi connectivity index (χ1n) is 5.55. The minimum absolute atomic E-state index is 0.102. The molecule has 1 fully saturated rings. The highest BCUT2D eigenvalue weighted by molar-refractivity contribution is 8.00. The van der Waals surface area contributed by atoms with Gasteiger partial charge in [0.05, 0.1) is 5.25 Å². The van der Waals surface area contributed by atoms with E-state index >= 15 is 0 Å². The van der Waals surface area contributed by atoms with Crippen LogP contribution < -0.4 is 5.32 Å². The SMILES string of the molecule is CC(C)(CO)CNC(=O)C1CCCCS1. The van der Waals surface area contributed by atoms with Crippen LogP contribution in [-0.4, -0.2) is 35.2 Å². The molecule has 1 atom stereocenters. The third-order valence-electron chi connectivity index (χ3n) is 2.64. The molecule has 1 aliphatic rings. The minimum atomic E-state index is -0.213. The molecule has 0 aromatic heterocycles. The molecule has 0 bridgehead atoms. The van der Waals surface area contributed by atoms with Gasteiger partial charge in [0, 0.05) is 18.6 Å². The number of amides is 1. The molecule has 1 rings (SSSR count). The van der Waals surface area contributed by atoms with Gasteiger partial charge in [-0.1, -0.05) is 20.3 Å². The number of hydrogen-bond donors (Lipinski definition) is 2. The fourth-order valence-electron chi connectivity index (χ4n) is 1.44. The van der Waals surface area contributed by atoms with Crippen molar-refractivity contribution in [2.24, 2.45) is 5.41 Å². The quantitative estimate of drug-likeness (QED) is 0.769. The highest BCUT2D eigenvalue weighted by Crippen LogP contribution is 2.25. The average molecular weight is 231 g/mol. The molecular weight excluding hydrogens is 210 g/mol. The molecule has 0 aromatic rings. The van der Waals surface area contributed by atoms with E-state index in [1.54, 1.807) is 11.8 Å². The lowest BCUT2D eigenvalue weighted by Gasteiger charge is -2.25. The lowest BCUT2D eigenvalue weighted by molar-refractivity contribution is -0.121. The number of aliphatic hydroxyl groups is 1. The highest BCUT2D eigenvalue weighted by Gasteiger charge is 2.24. The van der Waals surface area contributed by atoms with Gasteiger partial charge in [0.2, 0.25) is 5.91 Å². The Kier molecular flexibility index (Phi) is 4.93. The molecule has 1 unspecified atom stereocenters. The smallest absolute Gasteiger partial charge is 0.233 e. The van der Waals surface area contributed by atoms with E-state index in [0.29, 0.717) is 6.54 Å². The van der Waals surface area contributed by atoms with Gasteiger partial charge in [0.15, 0.2) is 0 Å². The second-order valence-corrected chi connectivity index (χ2v) is 6.21. The number of thioether (sulfide) groups is 1. The van der Waals surface area contributed by atoms with Gasteiger partial charge in [0.25, 0.3) is 0 Å². The summed E-state index contributed by atoms with van der Waals surface area (Å²) in [5.74, 6) is 1.24. The summed E-state index contributed by atoms with van der Waals surface area (Å²) >= 11 is 1.75. The van der Waals surface area contributed by atoms with Gasteiger partial charge < -0.3 is 10.4 Å². The van der Waals surface area contributed by atoms with E-state index in [1.165, 1.54) is 6.42 Å². The van der Waals surface area contributed by atoms with Crippen molar-refractivity contribution in [3.8, 4) is 0 Å². The Morgan fingerprint density at radius 1 is 1.53 bits per heavy atom. The molecule has 2 N–H and O–H groups in total. The first-order chi connectivity index (χ1) is 7.05. The molecule has 1 saturated heterocycles. The van der Waals surface area contributed by atoms with Gasteiger partial charge in [-0.3, -0.25) is 4.79 Å². The van der Waals surface area contributed by atoms with Crippen LogP contribution in [0.3, 0.4) is 0 Å². The van der Waals surface area contributed by atoms with Gasteiger partial charge in [-0.05, 0) is 18.6 Å². The van der Waals surface area contributed by atoms with E-state index in [2.05, 4.69) is 5.32 Å². The van der Waals surface area contributed by atoms with Gasteiger partial charge in [-0.25, -0.2) is 0 Å². The van der Waals surface area contributed by atoms with E-state index in [1.807, 2.05) is 13.8 Å². The van der Waals surface area contributed by atoms with Gasteiger partial charge in [0.1, 0.15) is 0 Å². The summed E-state index contributed by atoms with van der Waals surface area (Å²) in [5.41, 5.74) is -0.213. The zero-order chi connectivity index (χ0) is 11.3. The Hall–Kier alpha value is -0.220. The summed E-state index contributed by atoms with van der Waals surface area (Å²) in [6.45, 7) is 4.55. The van der Waals surface area contributed by atoms with E-state index in [9.17, 15) is 4.79 Å². The van der Waals surface area contributed by atoms with Crippen LogP contribution in [0.5, 0.6) is 0 Å². The van der Waals surface area contributed by atoms with Crippen LogP contribution in [0.4, 0.5) is 0 Å². The fraction of sp³-hybridized carbons (Fsp3) is 0.909. The van der Waals surface area contributed by atoms with Crippen LogP contribution in [0.2, 0.25) is 0 Å². The van der Waals surface area contributed by atoms with Crippen LogP contribution in [0, 0.1) is 5.41 Å². The van der Waals surface area contributed by atoms with Gasteiger partial charge >= 0.3 is 0 Å². The molecule has 0 aliphatic carbocycles. The Labute approximate surface area is 96.0 Å². The number of hydrogen-bond acceptors (Lipinski definition) is 3. The van der Waals surface area contributed by atoms with Crippen LogP contribution in [0.15, 0.2) is 0 Å². The minimum Gasteiger partial charge on any atom is -0.396 e. The molecule has 1 aliphatic heterocycles. The summed E-state index contributed by atoms with van der Waals surface area (Å²) in [7, 11) is 0. The number of carbonyl (C=O) groups is 1. The van der Waals surface area contributed by atoms with Crippen LogP contribution in [0.25, 0.3) is 0 Å². The first kappa shape index (κ1) is 12.8. The predicted octanol–water partition coefficient (Wildman–Crippen LogP) is 1.41. The normalized spacial score (nSPS) is 22.5. The van der Waals surface area contributed by atoms with Gasteiger partial charge in [-0.15, -0.1) is 11.8 Å². The number of aliphatic hydroxyl groups excluding tert-OH is 1. The topological polar surface area (TPSA) is 49.3 Å². The molecule has 15 heavy (non-hydrogen) atoms. The Balaban J connectivity index is 2.28. The standard InChI is InChI=1S/C11H21NO2S/c1-11(2,8-13)7-12-10(14)9-5-3-4-6-15-9/h9,13H,3-8H2,1-2H3,(H,12,14). The lowest BCUT2D eigenvalue weighted by Crippen LogP contribution is -2.40. The highest BCUT2D eigenvalue weighted by atomic mass is 32.2. The first-order valence-corrected chi connectivity index (χ1v) is 6.60. The fourth-order valence-corrected chi connectivity index (χ4v) is 2.67. The number of rotatable bonds is 4. The van der Waals surface area contributed by atoms with Crippen molar-refractivity contribution in [1.29, 1.82) is 0 Å². The zero-order valence-electron chi connectivity index (χ0n) is 9.58. The lowest BCUT2D eigenvalue weighted by atomic mass is 9.95. The molecule has 1 amide bonds. The van der Waals surface area contributed by atoms with E-state index in [0.717, 1.165) is 18.6 Å². The van der Waals surface area contributed by atoms with Crippen molar-refractivity contribution >= 4 is 17.7 Å². The van der Waals surface area contributed by atoms with Crippen molar-refractivity contribution in [3.05, 3.63) is 0 Å². The molecule has 4 heteroatoms. The second kappa shape index (κ2) is 5.75. The van der Waals surface area contributed by atoms with Crippen LogP contribution in [0.1, 0.15) is 33.1 Å². The zero-order valence-corrected chi connectivity index (χ0v) is 10.4. The third-order valence-corrected chi connectivity index (χ3v) is 4.02. The van der Waals surface area contributed by atoms with Crippen LogP contribution >= 0.6 is 11.8 Å². The predicted molar refractivity (Wildman–Crippen MR) is 64.0 cm³/mol. The maximum Gasteiger partial charge on any atom is 0.233 e.